The third kappa shape index (κ3) is 3.27. The number of carbonyl (C=O) groups excluding carboxylic acids is 1. The molecule has 1 aliphatic heterocycles. The van der Waals surface area contributed by atoms with Gasteiger partial charge in [-0.3, -0.25) is 4.79 Å². The number of anilines is 2. The van der Waals surface area contributed by atoms with E-state index in [0.717, 1.165) is 30.9 Å². The van der Waals surface area contributed by atoms with Crippen molar-refractivity contribution in [3.8, 4) is 11.3 Å². The molecule has 3 aromatic heterocycles. The average Bonchev–Trinajstić information content (AvgIpc) is 3.02. The van der Waals surface area contributed by atoms with E-state index < -0.39 is 0 Å². The molecule has 5 rings (SSSR count). The van der Waals surface area contributed by atoms with Crippen LogP contribution in [0.3, 0.4) is 0 Å². The maximum atomic E-state index is 12.9. The van der Waals surface area contributed by atoms with Gasteiger partial charge in [-0.15, -0.1) is 0 Å². The Bertz CT molecular complexity index is 1260. The largest absolute Gasteiger partial charge is 0.356 e. The van der Waals surface area contributed by atoms with Crippen molar-refractivity contribution in [2.75, 3.05) is 23.3 Å². The standard InChI is InChI=1S/C22H19ClN6O/c1-14-21(26-22(30)18-8-4-9-19(25-18)28-12-5-13-28)29-20(24-14)11-10-17(27-29)15-6-2-3-7-16(15)23/h2-4,6-11H,5,12-13H2,1H3,(H,26,30). The van der Waals surface area contributed by atoms with E-state index in [9.17, 15) is 4.79 Å². The van der Waals surface area contributed by atoms with Gasteiger partial charge in [0.05, 0.1) is 16.4 Å². The van der Waals surface area contributed by atoms with Crippen molar-refractivity contribution < 1.29 is 4.79 Å². The Morgan fingerprint density at radius 1 is 1.03 bits per heavy atom. The van der Waals surface area contributed by atoms with E-state index in [1.807, 2.05) is 55.5 Å². The van der Waals surface area contributed by atoms with Gasteiger partial charge < -0.3 is 10.2 Å². The molecule has 1 fully saturated rings. The van der Waals surface area contributed by atoms with E-state index in [1.165, 1.54) is 0 Å². The Labute approximate surface area is 178 Å². The van der Waals surface area contributed by atoms with Crippen LogP contribution in [0.15, 0.2) is 54.6 Å². The summed E-state index contributed by atoms with van der Waals surface area (Å²) in [7, 11) is 0. The third-order valence-corrected chi connectivity index (χ3v) is 5.51. The second-order valence-corrected chi connectivity index (χ2v) is 7.60. The highest BCUT2D eigenvalue weighted by atomic mass is 35.5. The topological polar surface area (TPSA) is 75.4 Å². The van der Waals surface area contributed by atoms with Crippen LogP contribution in [0, 0.1) is 6.92 Å². The number of benzene rings is 1. The Balaban J connectivity index is 1.49. The fraction of sp³-hybridized carbons (Fsp3) is 0.182. The quantitative estimate of drug-likeness (QED) is 0.537. The Kier molecular flexibility index (Phi) is 4.59. The zero-order valence-electron chi connectivity index (χ0n) is 16.3. The molecule has 0 atom stereocenters. The number of aryl methyl sites for hydroxylation is 1. The van der Waals surface area contributed by atoms with Gasteiger partial charge >= 0.3 is 0 Å². The minimum absolute atomic E-state index is 0.299. The SMILES string of the molecule is Cc1nc2ccc(-c3ccccc3Cl)nn2c1NC(=O)c1cccc(N2CCC2)n1. The number of rotatable bonds is 4. The highest BCUT2D eigenvalue weighted by Crippen LogP contribution is 2.27. The van der Waals surface area contributed by atoms with E-state index in [-0.39, 0.29) is 5.91 Å². The van der Waals surface area contributed by atoms with E-state index >= 15 is 0 Å². The second-order valence-electron chi connectivity index (χ2n) is 7.19. The van der Waals surface area contributed by atoms with Crippen LogP contribution in [-0.2, 0) is 0 Å². The molecular weight excluding hydrogens is 400 g/mol. The lowest BCUT2D eigenvalue weighted by molar-refractivity contribution is 0.102. The normalized spacial score (nSPS) is 13.3. The molecule has 0 aliphatic carbocycles. The first-order valence-corrected chi connectivity index (χ1v) is 10.1. The number of nitrogens with one attached hydrogen (secondary N) is 1. The lowest BCUT2D eigenvalue weighted by Gasteiger charge is -2.32. The summed E-state index contributed by atoms with van der Waals surface area (Å²) in [5.41, 5.74) is 3.18. The smallest absolute Gasteiger partial charge is 0.275 e. The minimum atomic E-state index is -0.299. The lowest BCUT2D eigenvalue weighted by Crippen LogP contribution is -2.37. The van der Waals surface area contributed by atoms with Crippen LogP contribution in [0.25, 0.3) is 16.9 Å². The molecule has 1 amide bonds. The molecule has 7 nitrogen and oxygen atoms in total. The molecule has 1 N–H and O–H groups in total. The number of aromatic nitrogens is 4. The van der Waals surface area contributed by atoms with Gasteiger partial charge in [-0.1, -0.05) is 35.9 Å². The van der Waals surface area contributed by atoms with Gasteiger partial charge in [0.15, 0.2) is 11.5 Å². The number of amides is 1. The second kappa shape index (κ2) is 7.42. The Morgan fingerprint density at radius 3 is 2.63 bits per heavy atom. The molecule has 8 heteroatoms. The van der Waals surface area contributed by atoms with Crippen LogP contribution in [0.1, 0.15) is 22.6 Å². The van der Waals surface area contributed by atoms with Crippen molar-refractivity contribution in [2.45, 2.75) is 13.3 Å². The Hall–Kier alpha value is -3.45. The van der Waals surface area contributed by atoms with Crippen LogP contribution in [0.5, 0.6) is 0 Å². The molecule has 30 heavy (non-hydrogen) atoms. The summed E-state index contributed by atoms with van der Waals surface area (Å²) in [5.74, 6) is 1.04. The van der Waals surface area contributed by atoms with E-state index in [0.29, 0.717) is 33.6 Å². The number of fused-ring (bicyclic) bond motifs is 1. The zero-order chi connectivity index (χ0) is 20.7. The van der Waals surface area contributed by atoms with Crippen molar-refractivity contribution in [3.63, 3.8) is 0 Å². The number of nitrogens with zero attached hydrogens (tertiary/aromatic N) is 5. The molecule has 1 aliphatic rings. The highest BCUT2D eigenvalue weighted by Gasteiger charge is 2.19. The summed E-state index contributed by atoms with van der Waals surface area (Å²) in [4.78, 5) is 24.1. The molecule has 4 aromatic rings. The van der Waals surface area contributed by atoms with Gasteiger partial charge in [-0.25, -0.2) is 9.97 Å². The zero-order valence-corrected chi connectivity index (χ0v) is 17.1. The van der Waals surface area contributed by atoms with Gasteiger partial charge in [0.25, 0.3) is 5.91 Å². The summed E-state index contributed by atoms with van der Waals surface area (Å²) in [5, 5.41) is 8.21. The van der Waals surface area contributed by atoms with E-state index in [1.54, 1.807) is 10.6 Å². The fourth-order valence-electron chi connectivity index (χ4n) is 3.44. The molecule has 0 saturated carbocycles. The highest BCUT2D eigenvalue weighted by molar-refractivity contribution is 6.33. The minimum Gasteiger partial charge on any atom is -0.356 e. The summed E-state index contributed by atoms with van der Waals surface area (Å²) < 4.78 is 1.63. The maximum absolute atomic E-state index is 12.9. The Morgan fingerprint density at radius 2 is 1.87 bits per heavy atom. The summed E-state index contributed by atoms with van der Waals surface area (Å²) in [6.07, 6.45) is 1.15. The maximum Gasteiger partial charge on any atom is 0.275 e. The fourth-order valence-corrected chi connectivity index (χ4v) is 3.67. The molecule has 150 valence electrons. The number of imidazole rings is 1. The van der Waals surface area contributed by atoms with Crippen molar-refractivity contribution in [1.29, 1.82) is 0 Å². The van der Waals surface area contributed by atoms with Crippen LogP contribution in [0.2, 0.25) is 5.02 Å². The first-order chi connectivity index (χ1) is 14.6. The molecule has 4 heterocycles. The summed E-state index contributed by atoms with van der Waals surface area (Å²) in [6, 6.07) is 16.7. The van der Waals surface area contributed by atoms with Crippen molar-refractivity contribution in [3.05, 3.63) is 71.0 Å². The average molecular weight is 419 g/mol. The predicted molar refractivity (Wildman–Crippen MR) is 117 cm³/mol. The molecule has 0 spiro atoms. The van der Waals surface area contributed by atoms with Gasteiger partial charge in [0, 0.05) is 18.7 Å². The number of halogens is 1. The summed E-state index contributed by atoms with van der Waals surface area (Å²) in [6.45, 7) is 3.78. The van der Waals surface area contributed by atoms with E-state index in [2.05, 4.69) is 25.3 Å². The van der Waals surface area contributed by atoms with Crippen LogP contribution in [-0.4, -0.2) is 38.6 Å². The molecular formula is C22H19ClN6O. The van der Waals surface area contributed by atoms with Gasteiger partial charge in [-0.2, -0.15) is 9.61 Å². The first-order valence-electron chi connectivity index (χ1n) is 9.75. The molecule has 0 bridgehead atoms. The van der Waals surface area contributed by atoms with Crippen molar-refractivity contribution in [1.82, 2.24) is 19.6 Å². The molecule has 1 saturated heterocycles. The third-order valence-electron chi connectivity index (χ3n) is 5.18. The summed E-state index contributed by atoms with van der Waals surface area (Å²) >= 11 is 6.33. The molecule has 0 unspecified atom stereocenters. The van der Waals surface area contributed by atoms with Gasteiger partial charge in [0.2, 0.25) is 0 Å². The van der Waals surface area contributed by atoms with Crippen molar-refractivity contribution in [2.24, 2.45) is 0 Å². The number of hydrogen-bond donors (Lipinski definition) is 1. The number of pyridine rings is 1. The van der Waals surface area contributed by atoms with Crippen LogP contribution >= 0.6 is 11.6 Å². The van der Waals surface area contributed by atoms with E-state index in [4.69, 9.17) is 11.6 Å². The number of hydrogen-bond acceptors (Lipinski definition) is 5. The van der Waals surface area contributed by atoms with Gasteiger partial charge in [-0.05, 0) is 43.7 Å². The van der Waals surface area contributed by atoms with Crippen LogP contribution < -0.4 is 10.2 Å². The monoisotopic (exact) mass is 418 g/mol. The lowest BCUT2D eigenvalue weighted by atomic mass is 10.1. The van der Waals surface area contributed by atoms with Gasteiger partial charge in [0.1, 0.15) is 11.5 Å². The van der Waals surface area contributed by atoms with Crippen LogP contribution in [0.4, 0.5) is 11.6 Å². The van der Waals surface area contributed by atoms with Crippen molar-refractivity contribution >= 4 is 34.8 Å². The molecule has 0 radical (unpaired) electrons. The predicted octanol–water partition coefficient (Wildman–Crippen LogP) is 4.22. The first kappa shape index (κ1) is 18.6. The molecule has 1 aromatic carbocycles. The number of carbonyl (C=O) groups is 1.